The Morgan fingerprint density at radius 1 is 1.58 bits per heavy atom. The minimum atomic E-state index is -3.25. The van der Waals surface area contributed by atoms with E-state index in [0.717, 1.165) is 0 Å². The summed E-state index contributed by atoms with van der Waals surface area (Å²) in [6.07, 6.45) is -3.92. The van der Waals surface area contributed by atoms with E-state index in [4.69, 9.17) is 0 Å². The van der Waals surface area contributed by atoms with Crippen molar-refractivity contribution in [1.82, 2.24) is 4.98 Å². The minimum absolute atomic E-state index is 0.0368. The number of esters is 1. The Balaban J connectivity index is 3.17. The molecule has 0 aliphatic rings. The SMILES string of the molecule is CCOC(=O)Cc1nc(C(F)F)c([N+](=O)[O-])cc1F. The van der Waals surface area contributed by atoms with Crippen LogP contribution in [0.25, 0.3) is 0 Å². The molecule has 0 amide bonds. The van der Waals surface area contributed by atoms with Gasteiger partial charge in [-0.2, -0.15) is 0 Å². The number of alkyl halides is 2. The van der Waals surface area contributed by atoms with Gasteiger partial charge in [-0.25, -0.2) is 18.2 Å². The quantitative estimate of drug-likeness (QED) is 0.468. The van der Waals surface area contributed by atoms with Gasteiger partial charge < -0.3 is 4.74 Å². The van der Waals surface area contributed by atoms with Crippen molar-refractivity contribution in [1.29, 1.82) is 0 Å². The van der Waals surface area contributed by atoms with Crippen LogP contribution < -0.4 is 0 Å². The molecule has 0 unspecified atom stereocenters. The number of hydrogen-bond acceptors (Lipinski definition) is 5. The molecular formula is C10H9F3N2O4. The standard InChI is InChI=1S/C10H9F3N2O4/c1-2-19-8(16)4-6-5(11)3-7(15(17)18)9(14-6)10(12)13/h3,10H,2,4H2,1H3. The first-order valence-electron chi connectivity index (χ1n) is 5.14. The summed E-state index contributed by atoms with van der Waals surface area (Å²) in [4.78, 5) is 23.6. The first-order valence-corrected chi connectivity index (χ1v) is 5.14. The van der Waals surface area contributed by atoms with Crippen molar-refractivity contribution < 1.29 is 27.6 Å². The van der Waals surface area contributed by atoms with Crippen molar-refractivity contribution in [3.05, 3.63) is 33.4 Å². The topological polar surface area (TPSA) is 82.3 Å². The molecule has 0 aliphatic heterocycles. The molecule has 9 heteroatoms. The number of nitrogens with zero attached hydrogens (tertiary/aromatic N) is 2. The fraction of sp³-hybridized carbons (Fsp3) is 0.400. The molecule has 0 radical (unpaired) electrons. The van der Waals surface area contributed by atoms with E-state index in [1.807, 2.05) is 0 Å². The molecule has 1 heterocycles. The number of halogens is 3. The van der Waals surface area contributed by atoms with Crippen molar-refractivity contribution in [2.45, 2.75) is 19.8 Å². The van der Waals surface area contributed by atoms with E-state index in [1.165, 1.54) is 6.92 Å². The molecule has 19 heavy (non-hydrogen) atoms. The smallest absolute Gasteiger partial charge is 0.311 e. The van der Waals surface area contributed by atoms with Gasteiger partial charge >= 0.3 is 5.97 Å². The van der Waals surface area contributed by atoms with E-state index >= 15 is 0 Å². The third-order valence-electron chi connectivity index (χ3n) is 2.08. The maximum absolute atomic E-state index is 13.4. The molecule has 0 saturated heterocycles. The average molecular weight is 278 g/mol. The van der Waals surface area contributed by atoms with Gasteiger partial charge in [-0.05, 0) is 6.92 Å². The molecular weight excluding hydrogens is 269 g/mol. The predicted octanol–water partition coefficient (Wildman–Crippen LogP) is 2.17. The van der Waals surface area contributed by atoms with Crippen LogP contribution in [0.4, 0.5) is 18.9 Å². The summed E-state index contributed by atoms with van der Waals surface area (Å²) in [5.74, 6) is -2.06. The fourth-order valence-electron chi connectivity index (χ4n) is 1.31. The number of aromatic nitrogens is 1. The van der Waals surface area contributed by atoms with E-state index in [9.17, 15) is 28.1 Å². The Morgan fingerprint density at radius 3 is 2.68 bits per heavy atom. The van der Waals surface area contributed by atoms with Gasteiger partial charge in [0.2, 0.25) is 0 Å². The van der Waals surface area contributed by atoms with E-state index in [0.29, 0.717) is 6.07 Å². The molecule has 0 saturated carbocycles. The number of rotatable bonds is 5. The maximum atomic E-state index is 13.4. The first-order chi connectivity index (χ1) is 8.86. The number of pyridine rings is 1. The van der Waals surface area contributed by atoms with Crippen molar-refractivity contribution >= 4 is 11.7 Å². The predicted molar refractivity (Wildman–Crippen MR) is 56.1 cm³/mol. The second kappa shape index (κ2) is 6.12. The lowest BCUT2D eigenvalue weighted by Crippen LogP contribution is -2.12. The van der Waals surface area contributed by atoms with Crippen LogP contribution in [0.5, 0.6) is 0 Å². The van der Waals surface area contributed by atoms with E-state index in [1.54, 1.807) is 0 Å². The monoisotopic (exact) mass is 278 g/mol. The highest BCUT2D eigenvalue weighted by molar-refractivity contribution is 5.72. The van der Waals surface area contributed by atoms with Crippen LogP contribution in [0.1, 0.15) is 24.7 Å². The molecule has 1 aromatic rings. The Morgan fingerprint density at radius 2 is 2.21 bits per heavy atom. The molecule has 0 bridgehead atoms. The molecule has 1 rings (SSSR count). The van der Waals surface area contributed by atoms with Crippen LogP contribution in [0.2, 0.25) is 0 Å². The molecule has 6 nitrogen and oxygen atoms in total. The van der Waals surface area contributed by atoms with Gasteiger partial charge in [0.05, 0.1) is 29.7 Å². The van der Waals surface area contributed by atoms with Gasteiger partial charge in [0.15, 0.2) is 11.5 Å². The van der Waals surface area contributed by atoms with Crippen molar-refractivity contribution in [2.75, 3.05) is 6.61 Å². The number of carbonyl (C=O) groups excluding carboxylic acids is 1. The Hall–Kier alpha value is -2.19. The van der Waals surface area contributed by atoms with Crippen molar-refractivity contribution in [2.24, 2.45) is 0 Å². The summed E-state index contributed by atoms with van der Waals surface area (Å²) in [5.41, 5.74) is -2.91. The summed E-state index contributed by atoms with van der Waals surface area (Å²) in [6, 6.07) is 0.322. The van der Waals surface area contributed by atoms with Gasteiger partial charge in [-0.3, -0.25) is 14.9 Å². The second-order valence-corrected chi connectivity index (χ2v) is 3.36. The number of hydrogen-bond donors (Lipinski definition) is 0. The molecule has 0 atom stereocenters. The summed E-state index contributed by atoms with van der Waals surface area (Å²) in [7, 11) is 0. The molecule has 0 aliphatic carbocycles. The van der Waals surface area contributed by atoms with Gasteiger partial charge in [0, 0.05) is 0 Å². The lowest BCUT2D eigenvalue weighted by molar-refractivity contribution is -0.386. The molecule has 0 fully saturated rings. The lowest BCUT2D eigenvalue weighted by atomic mass is 10.2. The molecule has 0 aromatic carbocycles. The zero-order valence-electron chi connectivity index (χ0n) is 9.73. The first kappa shape index (κ1) is 14.9. The molecule has 0 N–H and O–H groups in total. The van der Waals surface area contributed by atoms with Crippen LogP contribution in [0.3, 0.4) is 0 Å². The fourth-order valence-corrected chi connectivity index (χ4v) is 1.31. The maximum Gasteiger partial charge on any atom is 0.311 e. The summed E-state index contributed by atoms with van der Waals surface area (Å²) < 4.78 is 43.1. The van der Waals surface area contributed by atoms with Crippen molar-refractivity contribution in [3.63, 3.8) is 0 Å². The Labute approximate surface area is 105 Å². The number of nitro groups is 1. The average Bonchev–Trinajstić information content (AvgIpc) is 2.31. The highest BCUT2D eigenvalue weighted by Gasteiger charge is 2.27. The van der Waals surface area contributed by atoms with Crippen LogP contribution in [0, 0.1) is 15.9 Å². The van der Waals surface area contributed by atoms with Gasteiger partial charge in [0.25, 0.3) is 12.1 Å². The van der Waals surface area contributed by atoms with E-state index in [2.05, 4.69) is 9.72 Å². The van der Waals surface area contributed by atoms with Crippen LogP contribution >= 0.6 is 0 Å². The Bertz CT molecular complexity index is 508. The zero-order chi connectivity index (χ0) is 14.6. The van der Waals surface area contributed by atoms with Crippen LogP contribution in [-0.2, 0) is 16.0 Å². The number of carbonyl (C=O) groups is 1. The van der Waals surface area contributed by atoms with E-state index < -0.39 is 46.6 Å². The summed E-state index contributed by atoms with van der Waals surface area (Å²) in [5, 5.41) is 10.5. The summed E-state index contributed by atoms with van der Waals surface area (Å²) >= 11 is 0. The van der Waals surface area contributed by atoms with Gasteiger partial charge in [0.1, 0.15) is 0 Å². The zero-order valence-corrected chi connectivity index (χ0v) is 9.73. The number of ether oxygens (including phenoxy) is 1. The molecule has 104 valence electrons. The van der Waals surface area contributed by atoms with Crippen LogP contribution in [-0.4, -0.2) is 22.5 Å². The van der Waals surface area contributed by atoms with Gasteiger partial charge in [-0.15, -0.1) is 0 Å². The molecule has 0 spiro atoms. The van der Waals surface area contributed by atoms with Gasteiger partial charge in [-0.1, -0.05) is 0 Å². The summed E-state index contributed by atoms with van der Waals surface area (Å²) in [6.45, 7) is 1.55. The lowest BCUT2D eigenvalue weighted by Gasteiger charge is -2.06. The Kier molecular flexibility index (Phi) is 4.79. The van der Waals surface area contributed by atoms with Crippen molar-refractivity contribution in [3.8, 4) is 0 Å². The largest absolute Gasteiger partial charge is 0.466 e. The van der Waals surface area contributed by atoms with Crippen LogP contribution in [0.15, 0.2) is 6.07 Å². The third kappa shape index (κ3) is 3.63. The van der Waals surface area contributed by atoms with E-state index in [-0.39, 0.29) is 6.61 Å². The highest BCUT2D eigenvalue weighted by Crippen LogP contribution is 2.28. The highest BCUT2D eigenvalue weighted by atomic mass is 19.3. The third-order valence-corrected chi connectivity index (χ3v) is 2.08. The normalized spacial score (nSPS) is 10.6. The minimum Gasteiger partial charge on any atom is -0.466 e. The molecule has 1 aromatic heterocycles. The second-order valence-electron chi connectivity index (χ2n) is 3.36.